The van der Waals surface area contributed by atoms with Gasteiger partial charge in [0.25, 0.3) is 5.91 Å². The number of fused-ring (bicyclic) bond motifs is 1. The van der Waals surface area contributed by atoms with Crippen molar-refractivity contribution in [2.45, 2.75) is 6.04 Å². The highest BCUT2D eigenvalue weighted by Crippen LogP contribution is 2.36. The van der Waals surface area contributed by atoms with Gasteiger partial charge in [-0.2, -0.15) is 0 Å². The number of aliphatic hydroxyl groups excluding tert-OH is 1. The molecule has 2 aliphatic heterocycles. The minimum absolute atomic E-state index is 0.0604. The molecule has 9 heteroatoms. The molecule has 1 aromatic rings. The summed E-state index contributed by atoms with van der Waals surface area (Å²) in [4.78, 5) is 24.5. The molecule has 1 N–H and O–H groups in total. The van der Waals surface area contributed by atoms with E-state index in [1.165, 1.54) is 0 Å². The lowest BCUT2D eigenvalue weighted by atomic mass is 10.2. The Kier molecular flexibility index (Phi) is 4.24. The molecule has 1 atom stereocenters. The van der Waals surface area contributed by atoms with Crippen LogP contribution >= 0.6 is 24.0 Å². The van der Waals surface area contributed by atoms with E-state index in [4.69, 9.17) is 26.8 Å². The topological polar surface area (TPSA) is 99.1 Å². The second kappa shape index (κ2) is 6.19. The zero-order chi connectivity index (χ0) is 16.6. The number of benzene rings is 1. The van der Waals surface area contributed by atoms with Crippen LogP contribution < -0.4 is 14.6 Å². The molecular weight excluding hydrogens is 342 g/mol. The summed E-state index contributed by atoms with van der Waals surface area (Å²) in [5.74, 6) is -0.960. The Morgan fingerprint density at radius 1 is 1.48 bits per heavy atom. The van der Waals surface area contributed by atoms with Crippen LogP contribution in [0.3, 0.4) is 0 Å². The second-order valence-electron chi connectivity index (χ2n) is 4.68. The predicted octanol–water partition coefficient (Wildman–Crippen LogP) is -0.273. The number of carboxylic acid groups (broad SMARTS) is 1. The molecule has 1 saturated heterocycles. The Bertz CT molecular complexity index is 732. The van der Waals surface area contributed by atoms with Crippen molar-refractivity contribution in [3.8, 4) is 11.5 Å². The van der Waals surface area contributed by atoms with Gasteiger partial charge in [-0.1, -0.05) is 30.0 Å². The Morgan fingerprint density at radius 3 is 2.91 bits per heavy atom. The third-order valence-corrected chi connectivity index (χ3v) is 4.61. The molecular formula is C14H10NO6S2-. The summed E-state index contributed by atoms with van der Waals surface area (Å²) in [5.41, 5.74) is 0.684. The van der Waals surface area contributed by atoms with Crippen LogP contribution in [-0.4, -0.2) is 45.6 Å². The van der Waals surface area contributed by atoms with Crippen molar-refractivity contribution in [3.63, 3.8) is 0 Å². The molecule has 0 aromatic heterocycles. The minimum atomic E-state index is -1.56. The van der Waals surface area contributed by atoms with E-state index in [0.717, 1.165) is 16.7 Å². The number of hydrogen-bond donors (Lipinski definition) is 1. The highest BCUT2D eigenvalue weighted by atomic mass is 32.2. The number of thiocarbonyl (C=S) groups is 1. The van der Waals surface area contributed by atoms with Gasteiger partial charge in [0.15, 0.2) is 11.5 Å². The van der Waals surface area contributed by atoms with Crippen LogP contribution in [0.25, 0.3) is 6.08 Å². The van der Waals surface area contributed by atoms with Gasteiger partial charge < -0.3 is 24.5 Å². The molecule has 0 radical (unpaired) electrons. The fraction of sp³-hybridized carbons (Fsp3) is 0.214. The number of hydrogen-bond acceptors (Lipinski definition) is 8. The van der Waals surface area contributed by atoms with Crippen molar-refractivity contribution in [2.24, 2.45) is 0 Å². The Labute approximate surface area is 140 Å². The summed E-state index contributed by atoms with van der Waals surface area (Å²) in [6, 6.07) is 3.66. The monoisotopic (exact) mass is 352 g/mol. The number of rotatable bonds is 4. The van der Waals surface area contributed by atoms with Gasteiger partial charge in [-0.05, 0) is 23.8 Å². The van der Waals surface area contributed by atoms with Crippen LogP contribution in [0.5, 0.6) is 11.5 Å². The fourth-order valence-corrected chi connectivity index (χ4v) is 3.52. The van der Waals surface area contributed by atoms with Crippen LogP contribution in [0.2, 0.25) is 0 Å². The number of carbonyl (C=O) groups is 2. The number of thioether (sulfide) groups is 1. The molecule has 23 heavy (non-hydrogen) atoms. The van der Waals surface area contributed by atoms with Crippen molar-refractivity contribution < 1.29 is 29.3 Å². The maximum Gasteiger partial charge on any atom is 0.266 e. The van der Waals surface area contributed by atoms with E-state index in [1.54, 1.807) is 24.3 Å². The molecule has 1 fully saturated rings. The first-order valence-electron chi connectivity index (χ1n) is 6.49. The van der Waals surface area contributed by atoms with E-state index in [-0.39, 0.29) is 16.0 Å². The standard InChI is InChI=1S/C14H11NO6S2/c16-5-8(13(18)19)15-12(17)11(23-14(15)22)4-7-1-2-9-10(3-7)21-6-20-9/h1-4,8,16H,5-6H2,(H,18,19)/p-1/b11-4-/t8-/m0/s1. The Morgan fingerprint density at radius 2 is 2.22 bits per heavy atom. The van der Waals surface area contributed by atoms with Gasteiger partial charge in [0.05, 0.1) is 17.5 Å². The highest BCUT2D eigenvalue weighted by molar-refractivity contribution is 8.26. The van der Waals surface area contributed by atoms with Crippen molar-refractivity contribution in [3.05, 3.63) is 28.7 Å². The Balaban J connectivity index is 1.88. The molecule has 120 valence electrons. The van der Waals surface area contributed by atoms with Crippen molar-refractivity contribution in [1.82, 2.24) is 4.90 Å². The number of nitrogens with zero attached hydrogens (tertiary/aromatic N) is 1. The molecule has 7 nitrogen and oxygen atoms in total. The van der Waals surface area contributed by atoms with E-state index in [0.29, 0.717) is 17.1 Å². The summed E-state index contributed by atoms with van der Waals surface area (Å²) in [5, 5.41) is 20.2. The summed E-state index contributed by atoms with van der Waals surface area (Å²) in [7, 11) is 0. The maximum absolute atomic E-state index is 12.3. The molecule has 2 aliphatic rings. The zero-order valence-electron chi connectivity index (χ0n) is 11.6. The summed E-state index contributed by atoms with van der Waals surface area (Å²) in [6.45, 7) is -0.628. The second-order valence-corrected chi connectivity index (χ2v) is 6.36. The van der Waals surface area contributed by atoms with Crippen molar-refractivity contribution in [2.75, 3.05) is 13.4 Å². The van der Waals surface area contributed by atoms with Gasteiger partial charge in [0.2, 0.25) is 6.79 Å². The summed E-state index contributed by atoms with van der Waals surface area (Å²) >= 11 is 6.00. The molecule has 0 saturated carbocycles. The van der Waals surface area contributed by atoms with Crippen LogP contribution in [-0.2, 0) is 9.59 Å². The zero-order valence-corrected chi connectivity index (χ0v) is 13.2. The van der Waals surface area contributed by atoms with Gasteiger partial charge in [-0.25, -0.2) is 0 Å². The van der Waals surface area contributed by atoms with Gasteiger partial charge in [-0.3, -0.25) is 9.69 Å². The first-order valence-corrected chi connectivity index (χ1v) is 7.72. The fourth-order valence-electron chi connectivity index (χ4n) is 2.16. The van der Waals surface area contributed by atoms with Crippen LogP contribution in [0.15, 0.2) is 23.1 Å². The third-order valence-electron chi connectivity index (χ3n) is 3.27. The minimum Gasteiger partial charge on any atom is -0.548 e. The molecule has 0 unspecified atom stereocenters. The van der Waals surface area contributed by atoms with E-state index >= 15 is 0 Å². The van der Waals surface area contributed by atoms with E-state index in [2.05, 4.69) is 0 Å². The molecule has 0 aliphatic carbocycles. The van der Waals surface area contributed by atoms with Gasteiger partial charge in [0, 0.05) is 0 Å². The van der Waals surface area contributed by atoms with Crippen LogP contribution in [0, 0.1) is 0 Å². The number of amides is 1. The number of aliphatic carboxylic acids is 1. The lowest BCUT2D eigenvalue weighted by Crippen LogP contribution is -2.51. The van der Waals surface area contributed by atoms with Crippen LogP contribution in [0.4, 0.5) is 0 Å². The first kappa shape index (κ1) is 15.8. The molecule has 1 amide bonds. The predicted molar refractivity (Wildman–Crippen MR) is 83.5 cm³/mol. The van der Waals surface area contributed by atoms with E-state index in [1.807, 2.05) is 0 Å². The number of ether oxygens (including phenoxy) is 2. The van der Waals surface area contributed by atoms with E-state index < -0.39 is 24.5 Å². The van der Waals surface area contributed by atoms with E-state index in [9.17, 15) is 14.7 Å². The summed E-state index contributed by atoms with van der Waals surface area (Å²) in [6.07, 6.45) is 1.57. The van der Waals surface area contributed by atoms with Gasteiger partial charge in [0.1, 0.15) is 10.4 Å². The largest absolute Gasteiger partial charge is 0.548 e. The van der Waals surface area contributed by atoms with Gasteiger partial charge in [-0.15, -0.1) is 0 Å². The molecule has 3 rings (SSSR count). The molecule has 2 heterocycles. The normalized spacial score (nSPS) is 19.5. The number of aliphatic hydroxyl groups is 1. The van der Waals surface area contributed by atoms with Crippen LogP contribution in [0.1, 0.15) is 5.56 Å². The first-order chi connectivity index (χ1) is 11.0. The maximum atomic E-state index is 12.3. The van der Waals surface area contributed by atoms with Crippen molar-refractivity contribution in [1.29, 1.82) is 0 Å². The quantitative estimate of drug-likeness (QED) is 0.584. The highest BCUT2D eigenvalue weighted by Gasteiger charge is 2.37. The molecule has 0 bridgehead atoms. The average molecular weight is 352 g/mol. The summed E-state index contributed by atoms with van der Waals surface area (Å²) < 4.78 is 10.5. The molecule has 1 aromatic carbocycles. The SMILES string of the molecule is O=C([O-])[C@H](CO)N1C(=O)/C(=C/c2ccc3c(c2)OCO3)SC1=S. The average Bonchev–Trinajstić information content (AvgIpc) is 3.07. The number of carboxylic acids is 1. The number of carbonyl (C=O) groups excluding carboxylic acids is 2. The van der Waals surface area contributed by atoms with Gasteiger partial charge >= 0.3 is 0 Å². The smallest absolute Gasteiger partial charge is 0.266 e. The third kappa shape index (κ3) is 2.90. The van der Waals surface area contributed by atoms with Crippen molar-refractivity contribution >= 4 is 46.3 Å². The lowest BCUT2D eigenvalue weighted by molar-refractivity contribution is -0.311. The molecule has 0 spiro atoms. The lowest BCUT2D eigenvalue weighted by Gasteiger charge is -2.25. The Hall–Kier alpha value is -2.10.